The van der Waals surface area contributed by atoms with Crippen molar-refractivity contribution in [2.75, 3.05) is 0 Å². The van der Waals surface area contributed by atoms with Crippen molar-refractivity contribution in [1.82, 2.24) is 14.8 Å². The highest BCUT2D eigenvalue weighted by molar-refractivity contribution is 7.89. The van der Waals surface area contributed by atoms with Crippen molar-refractivity contribution in [3.63, 3.8) is 0 Å². The van der Waals surface area contributed by atoms with Crippen LogP contribution in [0.4, 0.5) is 0 Å². The van der Waals surface area contributed by atoms with Crippen LogP contribution in [0, 0.1) is 5.92 Å². The third-order valence-electron chi connectivity index (χ3n) is 3.07. The molecule has 1 aliphatic heterocycles. The van der Waals surface area contributed by atoms with E-state index in [1.54, 1.807) is 4.57 Å². The zero-order valence-electron chi connectivity index (χ0n) is 11.4. The summed E-state index contributed by atoms with van der Waals surface area (Å²) < 4.78 is 30.4. The molecule has 0 bridgehead atoms. The lowest BCUT2D eigenvalue weighted by molar-refractivity contribution is 0.0472. The van der Waals surface area contributed by atoms with Gasteiger partial charge in [0.25, 0.3) is 15.2 Å². The molecule has 2 N–H and O–H groups in total. The smallest absolute Gasteiger partial charge is 0.273 e. The number of hydrogen-bond donors (Lipinski definition) is 1. The Balaban J connectivity index is 2.41. The van der Waals surface area contributed by atoms with E-state index in [1.807, 2.05) is 20.8 Å². The van der Waals surface area contributed by atoms with Gasteiger partial charge in [-0.25, -0.2) is 13.6 Å². The molecule has 0 amide bonds. The highest BCUT2D eigenvalue weighted by Gasteiger charge is 2.31. The average molecular weight is 288 g/mol. The van der Waals surface area contributed by atoms with Crippen molar-refractivity contribution < 1.29 is 13.2 Å². The molecule has 0 aromatic carbocycles. The molecule has 1 aromatic heterocycles. The largest absolute Gasteiger partial charge is 0.367 e. The lowest BCUT2D eigenvalue weighted by Gasteiger charge is -2.15. The predicted octanol–water partition coefficient (Wildman–Crippen LogP) is 0.821. The molecule has 1 aromatic rings. The predicted molar refractivity (Wildman–Crippen MR) is 68.8 cm³/mol. The number of nitrogens with zero attached hydrogens (tertiary/aromatic N) is 3. The van der Waals surface area contributed by atoms with Gasteiger partial charge in [-0.1, -0.05) is 13.8 Å². The van der Waals surface area contributed by atoms with E-state index in [9.17, 15) is 8.42 Å². The number of ether oxygens (including phenoxy) is 1. The van der Waals surface area contributed by atoms with Gasteiger partial charge in [-0.2, -0.15) is 0 Å². The second-order valence-electron chi connectivity index (χ2n) is 5.40. The Labute approximate surface area is 113 Å². The molecule has 2 unspecified atom stereocenters. The number of nitrogens with two attached hydrogens (primary N) is 1. The lowest BCUT2D eigenvalue weighted by Crippen LogP contribution is -2.22. The van der Waals surface area contributed by atoms with E-state index < -0.39 is 10.0 Å². The minimum atomic E-state index is -3.87. The highest BCUT2D eigenvalue weighted by atomic mass is 32.2. The summed E-state index contributed by atoms with van der Waals surface area (Å²) >= 11 is 0. The van der Waals surface area contributed by atoms with Crippen molar-refractivity contribution in [2.45, 2.75) is 57.5 Å². The lowest BCUT2D eigenvalue weighted by atomic mass is 10.2. The van der Waals surface area contributed by atoms with E-state index in [0.29, 0.717) is 12.4 Å². The maximum absolute atomic E-state index is 11.5. The molecule has 19 heavy (non-hydrogen) atoms. The van der Waals surface area contributed by atoms with Gasteiger partial charge in [-0.15, -0.1) is 10.2 Å². The van der Waals surface area contributed by atoms with Crippen molar-refractivity contribution in [3.05, 3.63) is 5.82 Å². The van der Waals surface area contributed by atoms with E-state index in [1.165, 1.54) is 0 Å². The topological polar surface area (TPSA) is 100 Å². The van der Waals surface area contributed by atoms with Crippen LogP contribution in [-0.4, -0.2) is 29.3 Å². The molecule has 7 nitrogen and oxygen atoms in total. The molecule has 0 spiro atoms. The molecule has 2 heterocycles. The standard InChI is InChI=1S/C11H20N4O3S/c1-7(2)6-15-10(9-5-4-8(3)18-9)13-14-11(15)19(12,16)17/h7-9H,4-6H2,1-3H3,(H2,12,16,17). The number of hydrogen-bond acceptors (Lipinski definition) is 5. The first-order valence-electron chi connectivity index (χ1n) is 6.40. The molecule has 2 atom stereocenters. The fourth-order valence-corrected chi connectivity index (χ4v) is 2.91. The van der Waals surface area contributed by atoms with Crippen LogP contribution in [0.25, 0.3) is 0 Å². The van der Waals surface area contributed by atoms with Gasteiger partial charge in [-0.3, -0.25) is 4.57 Å². The van der Waals surface area contributed by atoms with Crippen molar-refractivity contribution in [3.8, 4) is 0 Å². The van der Waals surface area contributed by atoms with E-state index in [0.717, 1.165) is 12.8 Å². The van der Waals surface area contributed by atoms with Crippen LogP contribution in [0.3, 0.4) is 0 Å². The fraction of sp³-hybridized carbons (Fsp3) is 0.818. The maximum atomic E-state index is 11.5. The summed E-state index contributed by atoms with van der Waals surface area (Å²) in [5, 5.41) is 12.7. The molecule has 8 heteroatoms. The van der Waals surface area contributed by atoms with Gasteiger partial charge in [0.2, 0.25) is 0 Å². The second-order valence-corrected chi connectivity index (χ2v) is 6.86. The van der Waals surface area contributed by atoms with Crippen LogP contribution in [0.2, 0.25) is 0 Å². The zero-order valence-corrected chi connectivity index (χ0v) is 12.2. The van der Waals surface area contributed by atoms with Gasteiger partial charge >= 0.3 is 0 Å². The van der Waals surface area contributed by atoms with Gasteiger partial charge in [0.15, 0.2) is 5.82 Å². The summed E-state index contributed by atoms with van der Waals surface area (Å²) in [5.74, 6) is 0.816. The Morgan fingerprint density at radius 3 is 2.58 bits per heavy atom. The van der Waals surface area contributed by atoms with Crippen LogP contribution in [0.15, 0.2) is 5.16 Å². The van der Waals surface area contributed by atoms with Crippen molar-refractivity contribution in [1.29, 1.82) is 0 Å². The first-order chi connectivity index (χ1) is 8.79. The molecule has 1 aliphatic rings. The highest BCUT2D eigenvalue weighted by Crippen LogP contribution is 2.32. The molecule has 0 aliphatic carbocycles. The monoisotopic (exact) mass is 288 g/mol. The number of rotatable bonds is 4. The van der Waals surface area contributed by atoms with Gasteiger partial charge in [0, 0.05) is 6.54 Å². The summed E-state index contributed by atoms with van der Waals surface area (Å²) in [6.45, 7) is 6.48. The minimum Gasteiger partial charge on any atom is -0.367 e. The third kappa shape index (κ3) is 3.13. The molecular weight excluding hydrogens is 268 g/mol. The summed E-state index contributed by atoms with van der Waals surface area (Å²) in [4.78, 5) is 0. The fourth-order valence-electron chi connectivity index (χ4n) is 2.28. The van der Waals surface area contributed by atoms with Crippen LogP contribution in [-0.2, 0) is 21.3 Å². The summed E-state index contributed by atoms with van der Waals surface area (Å²) in [6.07, 6.45) is 1.72. The third-order valence-corrected chi connectivity index (χ3v) is 3.88. The SMILES string of the molecule is CC(C)Cn1c(C2CCC(C)O2)nnc1S(N)(=O)=O. The maximum Gasteiger partial charge on any atom is 0.273 e. The van der Waals surface area contributed by atoms with Gasteiger partial charge < -0.3 is 4.74 Å². The average Bonchev–Trinajstić information content (AvgIpc) is 2.82. The van der Waals surface area contributed by atoms with Crippen LogP contribution in [0.1, 0.15) is 45.5 Å². The first kappa shape index (κ1) is 14.4. The quantitative estimate of drug-likeness (QED) is 0.884. The normalized spacial score (nSPS) is 24.3. The molecule has 0 radical (unpaired) electrons. The Morgan fingerprint density at radius 2 is 2.11 bits per heavy atom. The summed E-state index contributed by atoms with van der Waals surface area (Å²) in [5.41, 5.74) is 0. The first-order valence-corrected chi connectivity index (χ1v) is 7.95. The van der Waals surface area contributed by atoms with Crippen molar-refractivity contribution >= 4 is 10.0 Å². The van der Waals surface area contributed by atoms with E-state index in [-0.39, 0.29) is 23.3 Å². The van der Waals surface area contributed by atoms with Gasteiger partial charge in [0.1, 0.15) is 6.10 Å². The molecule has 1 saturated heterocycles. The summed E-state index contributed by atoms with van der Waals surface area (Å²) in [6, 6.07) is 0. The number of sulfonamides is 1. The molecule has 0 saturated carbocycles. The Kier molecular flexibility index (Phi) is 3.93. The van der Waals surface area contributed by atoms with Gasteiger partial charge in [-0.05, 0) is 25.7 Å². The van der Waals surface area contributed by atoms with Crippen molar-refractivity contribution in [2.24, 2.45) is 11.1 Å². The summed E-state index contributed by atoms with van der Waals surface area (Å²) in [7, 11) is -3.87. The van der Waals surface area contributed by atoms with E-state index in [4.69, 9.17) is 9.88 Å². The Morgan fingerprint density at radius 1 is 1.42 bits per heavy atom. The zero-order chi connectivity index (χ0) is 14.2. The number of aromatic nitrogens is 3. The van der Waals surface area contributed by atoms with E-state index in [2.05, 4.69) is 10.2 Å². The van der Waals surface area contributed by atoms with Gasteiger partial charge in [0.05, 0.1) is 6.10 Å². The van der Waals surface area contributed by atoms with Crippen LogP contribution >= 0.6 is 0 Å². The second kappa shape index (κ2) is 5.18. The molecule has 2 rings (SSSR count). The molecular formula is C11H20N4O3S. The van der Waals surface area contributed by atoms with Crippen LogP contribution in [0.5, 0.6) is 0 Å². The van der Waals surface area contributed by atoms with Crippen LogP contribution < -0.4 is 5.14 Å². The Hall–Kier alpha value is -0.990. The molecule has 1 fully saturated rings. The molecule has 108 valence electrons. The Bertz CT molecular complexity index is 552. The number of primary sulfonamides is 1. The van der Waals surface area contributed by atoms with E-state index >= 15 is 0 Å². The minimum absolute atomic E-state index is 0.159.